The van der Waals surface area contributed by atoms with Gasteiger partial charge in [-0.25, -0.2) is 4.98 Å². The zero-order chi connectivity index (χ0) is 14.4. The van der Waals surface area contributed by atoms with Gasteiger partial charge < -0.3 is 5.32 Å². The summed E-state index contributed by atoms with van der Waals surface area (Å²) in [6.07, 6.45) is 1.66. The van der Waals surface area contributed by atoms with E-state index in [0.29, 0.717) is 12.4 Å². The number of hydrogen-bond donors (Lipinski definition) is 1. The van der Waals surface area contributed by atoms with E-state index in [4.69, 9.17) is 0 Å². The Labute approximate surface area is 127 Å². The van der Waals surface area contributed by atoms with Gasteiger partial charge in [0.25, 0.3) is 0 Å². The molecule has 5 heteroatoms. The number of carbonyl (C=O) groups is 1. The molecule has 1 aromatic heterocycles. The van der Waals surface area contributed by atoms with Crippen LogP contribution in [0.5, 0.6) is 0 Å². The largest absolute Gasteiger partial charge is 0.310 e. The molecular weight excluding hydrogens is 318 g/mol. The van der Waals surface area contributed by atoms with Crippen molar-refractivity contribution >= 4 is 27.7 Å². The molecule has 0 aliphatic heterocycles. The quantitative estimate of drug-likeness (QED) is 0.914. The van der Waals surface area contributed by atoms with Crippen LogP contribution < -0.4 is 5.32 Å². The third-order valence-electron chi connectivity index (χ3n) is 2.70. The summed E-state index contributed by atoms with van der Waals surface area (Å²) in [7, 11) is 1.92. The highest BCUT2D eigenvalue weighted by Crippen LogP contribution is 2.10. The minimum absolute atomic E-state index is 0.0711. The summed E-state index contributed by atoms with van der Waals surface area (Å²) in [5.41, 5.74) is 1.18. The van der Waals surface area contributed by atoms with E-state index in [1.54, 1.807) is 12.3 Å². The van der Waals surface area contributed by atoms with Gasteiger partial charge in [0, 0.05) is 17.2 Å². The molecular formula is C15H16BrN3O. The van der Waals surface area contributed by atoms with Crippen LogP contribution in [0.1, 0.15) is 5.56 Å². The minimum atomic E-state index is -0.0711. The molecule has 20 heavy (non-hydrogen) atoms. The van der Waals surface area contributed by atoms with E-state index in [1.165, 1.54) is 5.56 Å². The van der Waals surface area contributed by atoms with Crippen molar-refractivity contribution in [2.45, 2.75) is 6.54 Å². The number of nitrogens with one attached hydrogen (secondary N) is 1. The molecule has 0 saturated heterocycles. The zero-order valence-corrected chi connectivity index (χ0v) is 12.8. The maximum Gasteiger partial charge on any atom is 0.239 e. The first-order valence-electron chi connectivity index (χ1n) is 6.27. The minimum Gasteiger partial charge on any atom is -0.310 e. The van der Waals surface area contributed by atoms with Gasteiger partial charge in [-0.05, 0) is 40.7 Å². The van der Waals surface area contributed by atoms with Crippen molar-refractivity contribution in [3.05, 3.63) is 58.7 Å². The van der Waals surface area contributed by atoms with E-state index in [0.717, 1.165) is 11.0 Å². The fourth-order valence-electron chi connectivity index (χ4n) is 1.83. The Bertz CT molecular complexity index is 557. The fourth-order valence-corrected chi connectivity index (χ4v) is 2.06. The van der Waals surface area contributed by atoms with Gasteiger partial charge in [-0.1, -0.05) is 30.3 Å². The van der Waals surface area contributed by atoms with Gasteiger partial charge in [-0.15, -0.1) is 0 Å². The number of amides is 1. The van der Waals surface area contributed by atoms with Crippen molar-refractivity contribution in [2.24, 2.45) is 0 Å². The van der Waals surface area contributed by atoms with Gasteiger partial charge in [0.1, 0.15) is 5.82 Å². The maximum absolute atomic E-state index is 11.9. The number of pyridine rings is 1. The Morgan fingerprint density at radius 3 is 2.65 bits per heavy atom. The van der Waals surface area contributed by atoms with Crippen molar-refractivity contribution in [1.82, 2.24) is 9.88 Å². The molecule has 0 atom stereocenters. The molecule has 1 amide bonds. The van der Waals surface area contributed by atoms with Gasteiger partial charge in [0.2, 0.25) is 5.91 Å². The average Bonchev–Trinajstić information content (AvgIpc) is 2.42. The second-order valence-electron chi connectivity index (χ2n) is 4.57. The van der Waals surface area contributed by atoms with Crippen LogP contribution in [0.4, 0.5) is 5.82 Å². The Morgan fingerprint density at radius 1 is 1.25 bits per heavy atom. The van der Waals surface area contributed by atoms with Crippen molar-refractivity contribution in [1.29, 1.82) is 0 Å². The second-order valence-corrected chi connectivity index (χ2v) is 5.48. The number of nitrogens with zero attached hydrogens (tertiary/aromatic N) is 2. The Balaban J connectivity index is 1.83. The summed E-state index contributed by atoms with van der Waals surface area (Å²) in [6.45, 7) is 1.06. The molecule has 0 aliphatic carbocycles. The molecule has 0 saturated carbocycles. The number of benzene rings is 1. The fraction of sp³-hybridized carbons (Fsp3) is 0.200. The molecule has 0 spiro atoms. The van der Waals surface area contributed by atoms with Crippen LogP contribution in [0, 0.1) is 0 Å². The van der Waals surface area contributed by atoms with Crippen LogP contribution in [0.2, 0.25) is 0 Å². The molecule has 0 aliphatic rings. The molecule has 4 nitrogen and oxygen atoms in total. The van der Waals surface area contributed by atoms with Crippen molar-refractivity contribution in [3.63, 3.8) is 0 Å². The molecule has 1 aromatic carbocycles. The van der Waals surface area contributed by atoms with E-state index in [1.807, 2.05) is 48.3 Å². The first-order chi connectivity index (χ1) is 9.63. The SMILES string of the molecule is CN(CC(=O)Nc1ccc(Br)cn1)Cc1ccccc1. The van der Waals surface area contributed by atoms with E-state index in [-0.39, 0.29) is 5.91 Å². The molecule has 0 fully saturated rings. The van der Waals surface area contributed by atoms with Crippen LogP contribution in [0.3, 0.4) is 0 Å². The molecule has 1 N–H and O–H groups in total. The molecule has 0 unspecified atom stereocenters. The lowest BCUT2D eigenvalue weighted by Gasteiger charge is -2.16. The lowest BCUT2D eigenvalue weighted by atomic mass is 10.2. The number of halogens is 1. The third kappa shape index (κ3) is 4.75. The van der Waals surface area contributed by atoms with Crippen molar-refractivity contribution in [3.8, 4) is 0 Å². The van der Waals surface area contributed by atoms with Gasteiger partial charge in [-0.2, -0.15) is 0 Å². The monoisotopic (exact) mass is 333 g/mol. The van der Waals surface area contributed by atoms with Crippen molar-refractivity contribution in [2.75, 3.05) is 18.9 Å². The van der Waals surface area contributed by atoms with Crippen LogP contribution in [0.15, 0.2) is 53.1 Å². The molecule has 104 valence electrons. The van der Waals surface area contributed by atoms with E-state index < -0.39 is 0 Å². The first-order valence-corrected chi connectivity index (χ1v) is 7.06. The van der Waals surface area contributed by atoms with Crippen LogP contribution in [-0.4, -0.2) is 29.4 Å². The summed E-state index contributed by atoms with van der Waals surface area (Å²) in [5, 5.41) is 2.77. The first kappa shape index (κ1) is 14.7. The van der Waals surface area contributed by atoms with E-state index in [9.17, 15) is 4.79 Å². The highest BCUT2D eigenvalue weighted by Gasteiger charge is 2.08. The number of aromatic nitrogens is 1. The molecule has 0 bridgehead atoms. The highest BCUT2D eigenvalue weighted by atomic mass is 79.9. The summed E-state index contributed by atoms with van der Waals surface area (Å²) in [4.78, 5) is 18.0. The Kier molecular flexibility index (Phi) is 5.26. The number of rotatable bonds is 5. The van der Waals surface area contributed by atoms with E-state index in [2.05, 4.69) is 26.2 Å². The average molecular weight is 334 g/mol. The molecule has 1 heterocycles. The second kappa shape index (κ2) is 7.17. The van der Waals surface area contributed by atoms with E-state index >= 15 is 0 Å². The van der Waals surface area contributed by atoms with Gasteiger partial charge >= 0.3 is 0 Å². The number of carbonyl (C=O) groups excluding carboxylic acids is 1. The lowest BCUT2D eigenvalue weighted by Crippen LogP contribution is -2.30. The number of hydrogen-bond acceptors (Lipinski definition) is 3. The van der Waals surface area contributed by atoms with Crippen LogP contribution >= 0.6 is 15.9 Å². The predicted octanol–water partition coefficient (Wildman–Crippen LogP) is 2.91. The predicted molar refractivity (Wildman–Crippen MR) is 83.3 cm³/mol. The smallest absolute Gasteiger partial charge is 0.239 e. The van der Waals surface area contributed by atoms with Crippen LogP contribution in [0.25, 0.3) is 0 Å². The number of likely N-dealkylation sites (N-methyl/N-ethyl adjacent to an activating group) is 1. The molecule has 2 rings (SSSR count). The Morgan fingerprint density at radius 2 is 2.00 bits per heavy atom. The topological polar surface area (TPSA) is 45.2 Å². The lowest BCUT2D eigenvalue weighted by molar-refractivity contribution is -0.117. The highest BCUT2D eigenvalue weighted by molar-refractivity contribution is 9.10. The zero-order valence-electron chi connectivity index (χ0n) is 11.2. The number of anilines is 1. The maximum atomic E-state index is 11.9. The molecule has 2 aromatic rings. The van der Waals surface area contributed by atoms with Gasteiger partial charge in [-0.3, -0.25) is 9.69 Å². The van der Waals surface area contributed by atoms with Gasteiger partial charge in [0.15, 0.2) is 0 Å². The molecule has 0 radical (unpaired) electrons. The van der Waals surface area contributed by atoms with Crippen LogP contribution in [-0.2, 0) is 11.3 Å². The third-order valence-corrected chi connectivity index (χ3v) is 3.17. The normalized spacial score (nSPS) is 10.6. The summed E-state index contributed by atoms with van der Waals surface area (Å²) >= 11 is 3.31. The van der Waals surface area contributed by atoms with Crippen molar-refractivity contribution < 1.29 is 4.79 Å². The summed E-state index contributed by atoms with van der Waals surface area (Å²) < 4.78 is 0.886. The Hall–Kier alpha value is -1.72. The standard InChI is InChI=1S/C15H16BrN3O/c1-19(10-12-5-3-2-4-6-12)11-15(20)18-14-8-7-13(16)9-17-14/h2-9H,10-11H2,1H3,(H,17,18,20). The summed E-state index contributed by atoms with van der Waals surface area (Å²) in [6, 6.07) is 13.7. The van der Waals surface area contributed by atoms with Gasteiger partial charge in [0.05, 0.1) is 6.54 Å². The summed E-state index contributed by atoms with van der Waals surface area (Å²) in [5.74, 6) is 0.490.